The number of carboxylic acids is 2. The second kappa shape index (κ2) is 5.35. The van der Waals surface area contributed by atoms with Crippen molar-refractivity contribution in [2.24, 2.45) is 0 Å². The highest BCUT2D eigenvalue weighted by Crippen LogP contribution is 2.11. The Kier molecular flexibility index (Phi) is 4.80. The molecule has 0 rings (SSSR count). The number of aliphatic carboxylic acids is 2. The van der Waals surface area contributed by atoms with E-state index >= 15 is 0 Å². The van der Waals surface area contributed by atoms with Crippen molar-refractivity contribution in [3.05, 3.63) is 11.1 Å². The molecule has 74 valence electrons. The van der Waals surface area contributed by atoms with Gasteiger partial charge in [-0.3, -0.25) is 0 Å². The highest BCUT2D eigenvalue weighted by molar-refractivity contribution is 5.96. The van der Waals surface area contributed by atoms with E-state index in [1.54, 1.807) is 0 Å². The largest absolute Gasteiger partial charge is 0.545 e. The monoisotopic (exact) mass is 184 g/mol. The SMILES string of the molecule is CCCC/C(C(=O)[O-])=C(\C)C(=O)[O-]. The summed E-state index contributed by atoms with van der Waals surface area (Å²) in [4.78, 5) is 20.8. The predicted molar refractivity (Wildman–Crippen MR) is 42.2 cm³/mol. The number of carbonyl (C=O) groups is 2. The van der Waals surface area contributed by atoms with E-state index in [4.69, 9.17) is 0 Å². The molecular formula is C9H12O4-2. The molecule has 4 heteroatoms. The number of unbranched alkanes of at least 4 members (excludes halogenated alkanes) is 1. The first-order valence-electron chi connectivity index (χ1n) is 4.13. The van der Waals surface area contributed by atoms with Crippen LogP contribution in [0.2, 0.25) is 0 Å². The normalized spacial score (nSPS) is 12.2. The maximum Gasteiger partial charge on any atom is 0.0678 e. The Morgan fingerprint density at radius 1 is 1.15 bits per heavy atom. The van der Waals surface area contributed by atoms with Gasteiger partial charge in [0.05, 0.1) is 11.9 Å². The zero-order valence-electron chi connectivity index (χ0n) is 7.75. The Hall–Kier alpha value is -1.32. The zero-order chi connectivity index (χ0) is 10.4. The van der Waals surface area contributed by atoms with Crippen molar-refractivity contribution in [2.75, 3.05) is 0 Å². The average molecular weight is 184 g/mol. The number of hydrogen-bond donors (Lipinski definition) is 0. The molecule has 13 heavy (non-hydrogen) atoms. The van der Waals surface area contributed by atoms with Crippen LogP contribution in [0.1, 0.15) is 33.1 Å². The molecular weight excluding hydrogens is 172 g/mol. The molecule has 0 fully saturated rings. The zero-order valence-corrected chi connectivity index (χ0v) is 7.75. The van der Waals surface area contributed by atoms with Crippen LogP contribution < -0.4 is 10.2 Å². The van der Waals surface area contributed by atoms with E-state index in [9.17, 15) is 19.8 Å². The second-order valence-electron chi connectivity index (χ2n) is 2.78. The first-order chi connectivity index (χ1) is 6.00. The highest BCUT2D eigenvalue weighted by atomic mass is 16.4. The van der Waals surface area contributed by atoms with Crippen LogP contribution in [-0.4, -0.2) is 11.9 Å². The van der Waals surface area contributed by atoms with E-state index < -0.39 is 11.9 Å². The smallest absolute Gasteiger partial charge is 0.0678 e. The molecule has 0 saturated carbocycles. The Balaban J connectivity index is 4.67. The Labute approximate surface area is 76.9 Å². The van der Waals surface area contributed by atoms with Gasteiger partial charge >= 0.3 is 0 Å². The Morgan fingerprint density at radius 3 is 2.00 bits per heavy atom. The molecule has 0 amide bonds. The molecule has 0 unspecified atom stereocenters. The van der Waals surface area contributed by atoms with E-state index in [2.05, 4.69) is 0 Å². The van der Waals surface area contributed by atoms with Gasteiger partial charge in [-0.15, -0.1) is 0 Å². The molecule has 0 radical (unpaired) electrons. The van der Waals surface area contributed by atoms with Gasteiger partial charge in [-0.25, -0.2) is 0 Å². The fraction of sp³-hybridized carbons (Fsp3) is 0.556. The lowest BCUT2D eigenvalue weighted by Crippen LogP contribution is -2.31. The van der Waals surface area contributed by atoms with Gasteiger partial charge in [0.25, 0.3) is 0 Å². The fourth-order valence-corrected chi connectivity index (χ4v) is 0.919. The summed E-state index contributed by atoms with van der Waals surface area (Å²) in [6, 6.07) is 0. The number of carboxylic acid groups (broad SMARTS) is 2. The molecule has 0 bridgehead atoms. The molecule has 0 aliphatic rings. The third-order valence-electron chi connectivity index (χ3n) is 1.79. The second-order valence-corrected chi connectivity index (χ2v) is 2.78. The number of rotatable bonds is 5. The predicted octanol–water partition coefficient (Wildman–Crippen LogP) is -1.01. The molecule has 4 nitrogen and oxygen atoms in total. The summed E-state index contributed by atoms with van der Waals surface area (Å²) in [5.41, 5.74) is -0.407. The molecule has 0 aliphatic heterocycles. The van der Waals surface area contributed by atoms with Crippen molar-refractivity contribution in [2.45, 2.75) is 33.1 Å². The topological polar surface area (TPSA) is 80.3 Å². The summed E-state index contributed by atoms with van der Waals surface area (Å²) >= 11 is 0. The minimum Gasteiger partial charge on any atom is -0.545 e. The van der Waals surface area contributed by atoms with E-state index in [0.717, 1.165) is 6.42 Å². The number of carbonyl (C=O) groups excluding carboxylic acids is 2. The lowest BCUT2D eigenvalue weighted by Gasteiger charge is -2.13. The fourth-order valence-electron chi connectivity index (χ4n) is 0.919. The van der Waals surface area contributed by atoms with Crippen LogP contribution >= 0.6 is 0 Å². The van der Waals surface area contributed by atoms with E-state index in [1.165, 1.54) is 6.92 Å². The van der Waals surface area contributed by atoms with Crippen molar-refractivity contribution in [1.29, 1.82) is 0 Å². The maximum absolute atomic E-state index is 10.5. The molecule has 0 aliphatic carbocycles. The molecule has 0 aromatic carbocycles. The summed E-state index contributed by atoms with van der Waals surface area (Å²) in [7, 11) is 0. The third kappa shape index (κ3) is 3.73. The Morgan fingerprint density at radius 2 is 1.69 bits per heavy atom. The quantitative estimate of drug-likeness (QED) is 0.513. The van der Waals surface area contributed by atoms with E-state index in [0.29, 0.717) is 6.42 Å². The van der Waals surface area contributed by atoms with Gasteiger partial charge in [-0.1, -0.05) is 13.3 Å². The van der Waals surface area contributed by atoms with Gasteiger partial charge in [0.1, 0.15) is 0 Å². The minimum absolute atomic E-state index is 0.165. The summed E-state index contributed by atoms with van der Waals surface area (Å²) in [5, 5.41) is 20.8. The third-order valence-corrected chi connectivity index (χ3v) is 1.79. The molecule has 0 spiro atoms. The van der Waals surface area contributed by atoms with Gasteiger partial charge in [-0.2, -0.15) is 0 Å². The van der Waals surface area contributed by atoms with Gasteiger partial charge in [0.2, 0.25) is 0 Å². The van der Waals surface area contributed by atoms with Crippen molar-refractivity contribution in [3.63, 3.8) is 0 Å². The lowest BCUT2D eigenvalue weighted by molar-refractivity contribution is -0.304. The van der Waals surface area contributed by atoms with Crippen LogP contribution in [0.25, 0.3) is 0 Å². The average Bonchev–Trinajstić information content (AvgIpc) is 2.04. The standard InChI is InChI=1S/C9H14O4/c1-3-4-5-7(9(12)13)6(2)8(10)11/h3-5H2,1-2H3,(H,10,11)(H,12,13)/p-2/b7-6-. The minimum atomic E-state index is -1.45. The van der Waals surface area contributed by atoms with Crippen LogP contribution in [-0.2, 0) is 9.59 Å². The summed E-state index contributed by atoms with van der Waals surface area (Å²) < 4.78 is 0. The first kappa shape index (κ1) is 11.7. The van der Waals surface area contributed by atoms with Crippen LogP contribution in [0, 0.1) is 0 Å². The van der Waals surface area contributed by atoms with Crippen molar-refractivity contribution < 1.29 is 19.8 Å². The molecule has 0 atom stereocenters. The highest BCUT2D eigenvalue weighted by Gasteiger charge is 2.04. The molecule has 0 saturated heterocycles. The van der Waals surface area contributed by atoms with E-state index in [1.807, 2.05) is 6.92 Å². The van der Waals surface area contributed by atoms with Crippen LogP contribution in [0.3, 0.4) is 0 Å². The van der Waals surface area contributed by atoms with Crippen LogP contribution in [0.5, 0.6) is 0 Å². The first-order valence-corrected chi connectivity index (χ1v) is 4.13. The van der Waals surface area contributed by atoms with Crippen LogP contribution in [0.4, 0.5) is 0 Å². The van der Waals surface area contributed by atoms with Gasteiger partial charge in [-0.05, 0) is 30.9 Å². The summed E-state index contributed by atoms with van der Waals surface area (Å²) in [6.07, 6.45) is 1.66. The van der Waals surface area contributed by atoms with Crippen molar-refractivity contribution >= 4 is 11.9 Å². The van der Waals surface area contributed by atoms with Gasteiger partial charge < -0.3 is 19.8 Å². The van der Waals surface area contributed by atoms with Gasteiger partial charge in [0.15, 0.2) is 0 Å². The van der Waals surface area contributed by atoms with Crippen molar-refractivity contribution in [1.82, 2.24) is 0 Å². The summed E-state index contributed by atoms with van der Waals surface area (Å²) in [5.74, 6) is -2.87. The van der Waals surface area contributed by atoms with Gasteiger partial charge in [0, 0.05) is 0 Å². The van der Waals surface area contributed by atoms with E-state index in [-0.39, 0.29) is 17.6 Å². The molecule has 0 aromatic rings. The maximum atomic E-state index is 10.5. The molecule has 0 heterocycles. The number of hydrogen-bond acceptors (Lipinski definition) is 4. The summed E-state index contributed by atoms with van der Waals surface area (Å²) in [6.45, 7) is 3.11. The Bertz CT molecular complexity index is 240. The van der Waals surface area contributed by atoms with Crippen molar-refractivity contribution in [3.8, 4) is 0 Å². The lowest BCUT2D eigenvalue weighted by atomic mass is 10.0. The molecule has 0 aromatic heterocycles. The van der Waals surface area contributed by atoms with Crippen LogP contribution in [0.15, 0.2) is 11.1 Å². The molecule has 0 N–H and O–H groups in total.